The lowest BCUT2D eigenvalue weighted by Crippen LogP contribution is -2.40. The van der Waals surface area contributed by atoms with Gasteiger partial charge in [-0.25, -0.2) is 4.98 Å². The van der Waals surface area contributed by atoms with Gasteiger partial charge in [-0.1, -0.05) is 20.8 Å². The maximum absolute atomic E-state index is 12.0. The van der Waals surface area contributed by atoms with Crippen LogP contribution in [0.1, 0.15) is 37.9 Å². The lowest BCUT2D eigenvalue weighted by atomic mass is 9.98. The van der Waals surface area contributed by atoms with Gasteiger partial charge in [0.05, 0.1) is 23.8 Å². The number of nitrogens with one attached hydrogen (secondary N) is 1. The van der Waals surface area contributed by atoms with Gasteiger partial charge >= 0.3 is 0 Å². The quantitative estimate of drug-likeness (QED) is 0.902. The summed E-state index contributed by atoms with van der Waals surface area (Å²) in [6, 6.07) is 0.549. The number of hydrogen-bond acceptors (Lipinski definition) is 5. The third-order valence-corrected chi connectivity index (χ3v) is 6.04. The number of rotatable bonds is 5. The Morgan fingerprint density at radius 3 is 2.86 bits per heavy atom. The molecule has 2 rings (SSSR count). The van der Waals surface area contributed by atoms with E-state index >= 15 is 0 Å². The van der Waals surface area contributed by atoms with Crippen LogP contribution in [0.3, 0.4) is 0 Å². The van der Waals surface area contributed by atoms with Crippen molar-refractivity contribution in [2.75, 3.05) is 25.1 Å². The predicted octanol–water partition coefficient (Wildman–Crippen LogP) is 2.49. The second-order valence-corrected chi connectivity index (χ2v) is 8.61. The van der Waals surface area contributed by atoms with Crippen LogP contribution in [0.5, 0.6) is 0 Å². The van der Waals surface area contributed by atoms with E-state index in [1.165, 1.54) is 12.2 Å². The number of carbonyl (C=O) groups excluding carboxylic acids is 1. The van der Waals surface area contributed by atoms with Gasteiger partial charge in [0.2, 0.25) is 5.91 Å². The van der Waals surface area contributed by atoms with Gasteiger partial charge in [0.1, 0.15) is 0 Å². The summed E-state index contributed by atoms with van der Waals surface area (Å²) in [6.45, 7) is 7.47. The fourth-order valence-electron chi connectivity index (χ4n) is 2.20. The first-order valence-electron chi connectivity index (χ1n) is 7.36. The van der Waals surface area contributed by atoms with Crippen molar-refractivity contribution in [3.05, 3.63) is 16.1 Å². The van der Waals surface area contributed by atoms with E-state index in [-0.39, 0.29) is 11.3 Å². The van der Waals surface area contributed by atoms with E-state index in [4.69, 9.17) is 0 Å². The van der Waals surface area contributed by atoms with Crippen molar-refractivity contribution < 1.29 is 4.79 Å². The van der Waals surface area contributed by atoms with Crippen LogP contribution in [0.15, 0.2) is 5.38 Å². The van der Waals surface area contributed by atoms with Gasteiger partial charge in [0.25, 0.3) is 0 Å². The first-order chi connectivity index (χ1) is 9.86. The Kier molecular flexibility index (Phi) is 5.68. The number of carbonyl (C=O) groups is 1. The van der Waals surface area contributed by atoms with Crippen LogP contribution >= 0.6 is 23.1 Å². The zero-order chi connectivity index (χ0) is 15.5. The lowest BCUT2D eigenvalue weighted by Gasteiger charge is -2.22. The molecule has 0 unspecified atom stereocenters. The first-order valence-corrected chi connectivity index (χ1v) is 9.39. The highest BCUT2D eigenvalue weighted by Gasteiger charge is 2.22. The van der Waals surface area contributed by atoms with Gasteiger partial charge in [-0.3, -0.25) is 9.69 Å². The van der Waals surface area contributed by atoms with Crippen LogP contribution in [0, 0.1) is 0 Å². The molecule has 1 saturated heterocycles. The lowest BCUT2D eigenvalue weighted by molar-refractivity contribution is -0.122. The molecule has 1 aromatic heterocycles. The number of hydrogen-bond donors (Lipinski definition) is 1. The summed E-state index contributed by atoms with van der Waals surface area (Å²) < 4.78 is 0. The van der Waals surface area contributed by atoms with Gasteiger partial charge in [-0.2, -0.15) is 11.8 Å². The average Bonchev–Trinajstić information content (AvgIpc) is 3.07. The van der Waals surface area contributed by atoms with Crippen molar-refractivity contribution in [3.63, 3.8) is 0 Å². The second-order valence-electron chi connectivity index (χ2n) is 6.60. The van der Waals surface area contributed by atoms with Crippen molar-refractivity contribution in [3.8, 4) is 0 Å². The Bertz CT molecular complexity index is 476. The summed E-state index contributed by atoms with van der Waals surface area (Å²) in [4.78, 5) is 18.8. The number of thioether (sulfide) groups is 1. The molecule has 0 bridgehead atoms. The highest BCUT2D eigenvalue weighted by atomic mass is 32.2. The van der Waals surface area contributed by atoms with E-state index < -0.39 is 0 Å². The Balaban J connectivity index is 1.77. The van der Waals surface area contributed by atoms with Gasteiger partial charge in [-0.05, 0) is 19.2 Å². The molecule has 1 aliphatic heterocycles. The molecule has 21 heavy (non-hydrogen) atoms. The van der Waals surface area contributed by atoms with Gasteiger partial charge in [-0.15, -0.1) is 11.3 Å². The van der Waals surface area contributed by atoms with Crippen molar-refractivity contribution in [2.24, 2.45) is 0 Å². The number of likely N-dealkylation sites (N-methyl/N-ethyl adjacent to an activating group) is 1. The molecule has 0 aromatic carbocycles. The molecule has 1 amide bonds. The molecule has 2 heterocycles. The van der Waals surface area contributed by atoms with E-state index in [0.717, 1.165) is 16.5 Å². The molecule has 1 N–H and O–H groups in total. The SMILES string of the molecule is CN(CC(=O)NCc1csc(C(C)(C)C)n1)[C@@H]1CCSC1. The van der Waals surface area contributed by atoms with Crippen LogP contribution in [-0.2, 0) is 16.8 Å². The Labute approximate surface area is 135 Å². The highest BCUT2D eigenvalue weighted by molar-refractivity contribution is 7.99. The number of thiazole rings is 1. The van der Waals surface area contributed by atoms with Crippen molar-refractivity contribution in [1.29, 1.82) is 0 Å². The molecule has 6 heteroatoms. The summed E-state index contributed by atoms with van der Waals surface area (Å²) in [6.07, 6.45) is 1.19. The molecular formula is C15H25N3OS2. The molecule has 4 nitrogen and oxygen atoms in total. The zero-order valence-corrected chi connectivity index (χ0v) is 14.9. The summed E-state index contributed by atoms with van der Waals surface area (Å²) in [5, 5.41) is 6.13. The summed E-state index contributed by atoms with van der Waals surface area (Å²) in [5.41, 5.74) is 1.03. The average molecular weight is 328 g/mol. The fraction of sp³-hybridized carbons (Fsp3) is 0.733. The van der Waals surface area contributed by atoms with Crippen LogP contribution < -0.4 is 5.32 Å². The summed E-state index contributed by atoms with van der Waals surface area (Å²) in [7, 11) is 2.04. The minimum absolute atomic E-state index is 0.0767. The van der Waals surface area contributed by atoms with Crippen molar-refractivity contribution >= 4 is 29.0 Å². The van der Waals surface area contributed by atoms with E-state index in [1.807, 2.05) is 24.2 Å². The van der Waals surface area contributed by atoms with Crippen LogP contribution in [0.4, 0.5) is 0 Å². The number of amides is 1. The minimum Gasteiger partial charge on any atom is -0.349 e. The monoisotopic (exact) mass is 327 g/mol. The maximum atomic E-state index is 12.0. The Hall–Kier alpha value is -0.590. The third-order valence-electron chi connectivity index (χ3n) is 3.58. The molecule has 1 aromatic rings. The van der Waals surface area contributed by atoms with Crippen LogP contribution in [0.25, 0.3) is 0 Å². The number of aromatic nitrogens is 1. The van der Waals surface area contributed by atoms with Crippen molar-refractivity contribution in [1.82, 2.24) is 15.2 Å². The molecule has 0 aliphatic carbocycles. The van der Waals surface area contributed by atoms with E-state index in [9.17, 15) is 4.79 Å². The van der Waals surface area contributed by atoms with Gasteiger partial charge in [0, 0.05) is 22.6 Å². The Morgan fingerprint density at radius 2 is 2.29 bits per heavy atom. The maximum Gasteiger partial charge on any atom is 0.234 e. The molecule has 0 saturated carbocycles. The normalized spacial score (nSPS) is 19.2. The second kappa shape index (κ2) is 7.11. The molecule has 1 fully saturated rings. The van der Waals surface area contributed by atoms with Crippen LogP contribution in [-0.4, -0.2) is 46.9 Å². The Morgan fingerprint density at radius 1 is 1.52 bits per heavy atom. The fourth-order valence-corrected chi connectivity index (χ4v) is 4.41. The highest BCUT2D eigenvalue weighted by Crippen LogP contribution is 2.25. The van der Waals surface area contributed by atoms with Gasteiger partial charge < -0.3 is 5.32 Å². The zero-order valence-electron chi connectivity index (χ0n) is 13.3. The molecule has 0 radical (unpaired) electrons. The largest absolute Gasteiger partial charge is 0.349 e. The number of nitrogens with zero attached hydrogens (tertiary/aromatic N) is 2. The standard InChI is InChI=1S/C15H25N3OS2/c1-15(2,3)14-17-11(9-21-14)7-16-13(19)8-18(4)12-5-6-20-10-12/h9,12H,5-8,10H2,1-4H3,(H,16,19)/t12-/m1/s1. The predicted molar refractivity (Wildman–Crippen MR) is 91.0 cm³/mol. The molecular weight excluding hydrogens is 302 g/mol. The topological polar surface area (TPSA) is 45.2 Å². The summed E-state index contributed by atoms with van der Waals surface area (Å²) >= 11 is 3.64. The minimum atomic E-state index is 0.0767. The van der Waals surface area contributed by atoms with E-state index in [0.29, 0.717) is 19.1 Å². The summed E-state index contributed by atoms with van der Waals surface area (Å²) in [5.74, 6) is 2.44. The van der Waals surface area contributed by atoms with E-state index in [2.05, 4.69) is 36.0 Å². The smallest absolute Gasteiger partial charge is 0.234 e. The van der Waals surface area contributed by atoms with Crippen molar-refractivity contribution in [2.45, 2.75) is 45.2 Å². The van der Waals surface area contributed by atoms with Crippen LogP contribution in [0.2, 0.25) is 0 Å². The van der Waals surface area contributed by atoms with Gasteiger partial charge in [0.15, 0.2) is 0 Å². The molecule has 0 spiro atoms. The molecule has 1 atom stereocenters. The van der Waals surface area contributed by atoms with E-state index in [1.54, 1.807) is 11.3 Å². The molecule has 118 valence electrons. The third kappa shape index (κ3) is 4.97. The molecule has 1 aliphatic rings. The first kappa shape index (κ1) is 16.8.